The van der Waals surface area contributed by atoms with Gasteiger partial charge in [-0.25, -0.2) is 4.98 Å². The van der Waals surface area contributed by atoms with Crippen molar-refractivity contribution in [2.24, 2.45) is 5.73 Å². The Morgan fingerprint density at radius 1 is 1.50 bits per heavy atom. The van der Waals surface area contributed by atoms with Crippen LogP contribution in [0.5, 0.6) is 0 Å². The minimum absolute atomic E-state index is 0.126. The molecule has 2 aromatic rings. The Morgan fingerprint density at radius 3 is 3.05 bits per heavy atom. The summed E-state index contributed by atoms with van der Waals surface area (Å²) in [4.78, 5) is 29.6. The maximum absolute atomic E-state index is 12.4. The van der Waals surface area contributed by atoms with Gasteiger partial charge in [0.05, 0.1) is 29.0 Å². The largest absolute Gasteiger partial charge is 0.365 e. The predicted molar refractivity (Wildman–Crippen MR) is 72.2 cm³/mol. The van der Waals surface area contributed by atoms with Gasteiger partial charge in [0, 0.05) is 11.9 Å². The predicted octanol–water partition coefficient (Wildman–Crippen LogP) is 0.942. The van der Waals surface area contributed by atoms with Gasteiger partial charge in [0.25, 0.3) is 11.8 Å². The molecule has 0 spiro atoms. The highest BCUT2D eigenvalue weighted by Gasteiger charge is 2.34. The molecule has 1 aliphatic rings. The molecule has 8 heteroatoms. The molecule has 1 atom stereocenters. The molecule has 0 aromatic carbocycles. The maximum Gasteiger partial charge on any atom is 0.273 e. The van der Waals surface area contributed by atoms with Crippen LogP contribution in [0.15, 0.2) is 17.1 Å². The average Bonchev–Trinajstić information content (AvgIpc) is 3.17. The topological polar surface area (TPSA) is 105 Å². The number of likely N-dealkylation sites (tertiary alicyclic amines) is 1. The first-order valence-electron chi connectivity index (χ1n) is 6.20. The highest BCUT2D eigenvalue weighted by atomic mass is 32.1. The highest BCUT2D eigenvalue weighted by Crippen LogP contribution is 2.33. The third-order valence-corrected chi connectivity index (χ3v) is 4.02. The second-order valence-corrected chi connectivity index (χ2v) is 5.31. The summed E-state index contributed by atoms with van der Waals surface area (Å²) in [6.45, 7) is 0.637. The summed E-state index contributed by atoms with van der Waals surface area (Å²) in [5.41, 5.74) is 8.34. The Balaban J connectivity index is 1.91. The molecule has 104 valence electrons. The Labute approximate surface area is 118 Å². The first kappa shape index (κ1) is 12.8. The molecule has 1 saturated heterocycles. The smallest absolute Gasteiger partial charge is 0.273 e. The van der Waals surface area contributed by atoms with E-state index in [-0.39, 0.29) is 11.9 Å². The number of rotatable bonds is 3. The van der Waals surface area contributed by atoms with Gasteiger partial charge in [-0.2, -0.15) is 5.10 Å². The van der Waals surface area contributed by atoms with Gasteiger partial charge in [-0.05, 0) is 12.8 Å². The molecule has 3 N–H and O–H groups in total. The number of H-pyrrole nitrogens is 1. The van der Waals surface area contributed by atoms with Gasteiger partial charge < -0.3 is 10.6 Å². The van der Waals surface area contributed by atoms with Crippen molar-refractivity contribution in [1.82, 2.24) is 20.1 Å². The number of carbonyl (C=O) groups excluding carboxylic acids is 2. The SMILES string of the molecule is NC(=O)c1cn[nH]c1[C@@H]1CCCN1C(=O)c1cscn1. The molecule has 0 saturated carbocycles. The standard InChI is InChI=1S/C12H13N5O2S/c13-11(18)7-4-15-16-10(7)9-2-1-3-17(9)12(19)8-5-20-6-14-8/h4-6,9H,1-3H2,(H2,13,18)(H,15,16)/t9-/m0/s1. The van der Waals surface area contributed by atoms with Crippen molar-refractivity contribution in [2.75, 3.05) is 6.54 Å². The van der Waals surface area contributed by atoms with E-state index in [1.807, 2.05) is 0 Å². The second-order valence-electron chi connectivity index (χ2n) is 4.59. The van der Waals surface area contributed by atoms with E-state index in [1.54, 1.807) is 15.8 Å². The molecule has 1 aliphatic heterocycles. The molecule has 0 radical (unpaired) electrons. The van der Waals surface area contributed by atoms with Crippen molar-refractivity contribution < 1.29 is 9.59 Å². The van der Waals surface area contributed by atoms with E-state index in [0.29, 0.717) is 23.5 Å². The van der Waals surface area contributed by atoms with Crippen molar-refractivity contribution in [3.63, 3.8) is 0 Å². The van der Waals surface area contributed by atoms with Gasteiger partial charge in [0.1, 0.15) is 5.69 Å². The molecule has 2 aromatic heterocycles. The summed E-state index contributed by atoms with van der Waals surface area (Å²) in [6.07, 6.45) is 3.05. The Morgan fingerprint density at radius 2 is 2.35 bits per heavy atom. The Kier molecular flexibility index (Phi) is 3.23. The second kappa shape index (κ2) is 5.04. The van der Waals surface area contributed by atoms with Crippen LogP contribution in [0.1, 0.15) is 45.4 Å². The zero-order chi connectivity index (χ0) is 14.1. The van der Waals surface area contributed by atoms with E-state index < -0.39 is 5.91 Å². The monoisotopic (exact) mass is 291 g/mol. The van der Waals surface area contributed by atoms with Crippen molar-refractivity contribution in [1.29, 1.82) is 0 Å². The quantitative estimate of drug-likeness (QED) is 0.878. The highest BCUT2D eigenvalue weighted by molar-refractivity contribution is 7.07. The van der Waals surface area contributed by atoms with E-state index in [0.717, 1.165) is 12.8 Å². The van der Waals surface area contributed by atoms with Crippen LogP contribution >= 0.6 is 11.3 Å². The van der Waals surface area contributed by atoms with E-state index in [9.17, 15) is 9.59 Å². The summed E-state index contributed by atoms with van der Waals surface area (Å²) in [5, 5.41) is 8.39. The molecule has 3 heterocycles. The van der Waals surface area contributed by atoms with Crippen LogP contribution in [0.25, 0.3) is 0 Å². The number of carbonyl (C=O) groups is 2. The molecule has 3 rings (SSSR count). The zero-order valence-electron chi connectivity index (χ0n) is 10.6. The fourth-order valence-electron chi connectivity index (χ4n) is 2.52. The van der Waals surface area contributed by atoms with Crippen LogP contribution in [0.4, 0.5) is 0 Å². The average molecular weight is 291 g/mol. The number of hydrogen-bond acceptors (Lipinski definition) is 5. The first-order chi connectivity index (χ1) is 9.68. The van der Waals surface area contributed by atoms with Gasteiger partial charge in [-0.15, -0.1) is 11.3 Å². The molecule has 20 heavy (non-hydrogen) atoms. The van der Waals surface area contributed by atoms with Crippen LogP contribution in [0, 0.1) is 0 Å². The molecule has 0 bridgehead atoms. The van der Waals surface area contributed by atoms with Crippen molar-refractivity contribution >= 4 is 23.2 Å². The zero-order valence-corrected chi connectivity index (χ0v) is 11.4. The number of amides is 2. The van der Waals surface area contributed by atoms with E-state index in [4.69, 9.17) is 5.73 Å². The fourth-order valence-corrected chi connectivity index (χ4v) is 3.05. The summed E-state index contributed by atoms with van der Waals surface area (Å²) in [7, 11) is 0. The lowest BCUT2D eigenvalue weighted by molar-refractivity contribution is 0.0725. The molecule has 1 fully saturated rings. The minimum Gasteiger partial charge on any atom is -0.365 e. The lowest BCUT2D eigenvalue weighted by atomic mass is 10.1. The number of nitrogens with one attached hydrogen (secondary N) is 1. The van der Waals surface area contributed by atoms with Crippen LogP contribution < -0.4 is 5.73 Å². The number of aromatic amines is 1. The number of nitrogens with zero attached hydrogens (tertiary/aromatic N) is 3. The van der Waals surface area contributed by atoms with Crippen LogP contribution in [0.3, 0.4) is 0 Å². The number of thiazole rings is 1. The Hall–Kier alpha value is -2.22. The van der Waals surface area contributed by atoms with Gasteiger partial charge in [0.15, 0.2) is 0 Å². The van der Waals surface area contributed by atoms with Crippen molar-refractivity contribution in [3.8, 4) is 0 Å². The normalized spacial score (nSPS) is 18.4. The van der Waals surface area contributed by atoms with Gasteiger partial charge in [0.2, 0.25) is 0 Å². The van der Waals surface area contributed by atoms with Crippen LogP contribution in [-0.2, 0) is 0 Å². The Bertz CT molecular complexity index is 636. The van der Waals surface area contributed by atoms with Crippen molar-refractivity contribution in [3.05, 3.63) is 34.0 Å². The van der Waals surface area contributed by atoms with Gasteiger partial charge in [-0.3, -0.25) is 14.7 Å². The summed E-state index contributed by atoms with van der Waals surface area (Å²) < 4.78 is 0. The van der Waals surface area contributed by atoms with E-state index in [2.05, 4.69) is 15.2 Å². The summed E-state index contributed by atoms with van der Waals surface area (Å²) in [5.74, 6) is -0.666. The third-order valence-electron chi connectivity index (χ3n) is 3.43. The minimum atomic E-state index is -0.540. The van der Waals surface area contributed by atoms with Gasteiger partial charge in [-0.1, -0.05) is 0 Å². The number of primary amides is 1. The molecular formula is C12H13N5O2S. The van der Waals surface area contributed by atoms with Crippen molar-refractivity contribution in [2.45, 2.75) is 18.9 Å². The van der Waals surface area contributed by atoms with E-state index >= 15 is 0 Å². The van der Waals surface area contributed by atoms with Gasteiger partial charge >= 0.3 is 0 Å². The summed E-state index contributed by atoms with van der Waals surface area (Å²) >= 11 is 1.38. The first-order valence-corrected chi connectivity index (χ1v) is 7.15. The molecule has 0 unspecified atom stereocenters. The van der Waals surface area contributed by atoms with Crippen LogP contribution in [-0.4, -0.2) is 38.4 Å². The fraction of sp³-hybridized carbons (Fsp3) is 0.333. The molecular weight excluding hydrogens is 278 g/mol. The molecule has 7 nitrogen and oxygen atoms in total. The third kappa shape index (κ3) is 2.07. The maximum atomic E-state index is 12.4. The number of nitrogens with two attached hydrogens (primary N) is 1. The molecule has 2 amide bonds. The lowest BCUT2D eigenvalue weighted by Gasteiger charge is -2.23. The lowest BCUT2D eigenvalue weighted by Crippen LogP contribution is -2.32. The van der Waals surface area contributed by atoms with Crippen LogP contribution in [0.2, 0.25) is 0 Å². The summed E-state index contributed by atoms with van der Waals surface area (Å²) in [6, 6.07) is -0.200. The van der Waals surface area contributed by atoms with E-state index in [1.165, 1.54) is 17.5 Å². The molecule has 0 aliphatic carbocycles. The number of aromatic nitrogens is 3. The number of hydrogen-bond donors (Lipinski definition) is 2.